The predicted molar refractivity (Wildman–Crippen MR) is 98.7 cm³/mol. The number of methoxy groups -OCH3 is 2. The van der Waals surface area contributed by atoms with E-state index in [0.717, 1.165) is 16.7 Å². The van der Waals surface area contributed by atoms with Gasteiger partial charge in [0.25, 0.3) is 0 Å². The summed E-state index contributed by atoms with van der Waals surface area (Å²) in [4.78, 5) is 4.24. The summed E-state index contributed by atoms with van der Waals surface area (Å²) >= 11 is 0. The van der Waals surface area contributed by atoms with Crippen molar-refractivity contribution in [2.45, 2.75) is 6.92 Å². The van der Waals surface area contributed by atoms with Crippen LogP contribution in [0, 0.1) is 18.3 Å². The van der Waals surface area contributed by atoms with E-state index in [-0.39, 0.29) is 0 Å². The molecule has 0 atom stereocenters. The van der Waals surface area contributed by atoms with Crippen LogP contribution < -0.4 is 14.2 Å². The fourth-order valence-corrected chi connectivity index (χ4v) is 2.64. The number of rotatable bonds is 5. The van der Waals surface area contributed by atoms with Crippen LogP contribution in [0.1, 0.15) is 11.1 Å². The van der Waals surface area contributed by atoms with Gasteiger partial charge in [0.15, 0.2) is 11.5 Å². The number of benzene rings is 2. The fourth-order valence-electron chi connectivity index (χ4n) is 2.64. The predicted octanol–water partition coefficient (Wildman–Crippen LogP) is 4.74. The Morgan fingerprint density at radius 3 is 2.42 bits per heavy atom. The summed E-state index contributed by atoms with van der Waals surface area (Å²) in [6.45, 7) is 1.99. The van der Waals surface area contributed by atoms with Crippen molar-refractivity contribution in [3.05, 3.63) is 65.9 Å². The highest BCUT2D eigenvalue weighted by molar-refractivity contribution is 5.76. The lowest BCUT2D eigenvalue weighted by molar-refractivity contribution is 0.378. The van der Waals surface area contributed by atoms with Gasteiger partial charge in [0, 0.05) is 17.3 Å². The molecule has 0 bridgehead atoms. The van der Waals surface area contributed by atoms with Gasteiger partial charge in [-0.05, 0) is 55.0 Å². The zero-order chi connectivity index (χ0) is 18.5. The molecule has 130 valence electrons. The molecule has 0 amide bonds. The summed E-state index contributed by atoms with van der Waals surface area (Å²) in [6.07, 6.45) is 1.65. The molecule has 1 heterocycles. The quantitative estimate of drug-likeness (QED) is 0.668. The maximum absolute atomic E-state index is 9.27. The van der Waals surface area contributed by atoms with Crippen molar-refractivity contribution in [3.63, 3.8) is 0 Å². The molecule has 2 aromatic carbocycles. The molecule has 3 aromatic rings. The molecule has 0 aliphatic rings. The van der Waals surface area contributed by atoms with Gasteiger partial charge in [0.05, 0.1) is 25.9 Å². The number of ether oxygens (including phenoxy) is 3. The summed E-state index contributed by atoms with van der Waals surface area (Å²) in [5.74, 6) is 2.27. The van der Waals surface area contributed by atoms with Crippen molar-refractivity contribution in [3.8, 4) is 40.3 Å². The standard InChI is InChI=1S/C21H18N2O3/c1-14-6-8-19(20(11-14)24-2)26-18-9-7-15(13-22)12-17(18)16-5-4-10-23-21(16)25-3/h4-12H,1-3H3. The highest BCUT2D eigenvalue weighted by Gasteiger charge is 2.15. The van der Waals surface area contributed by atoms with Gasteiger partial charge < -0.3 is 14.2 Å². The number of aryl methyl sites for hydroxylation is 1. The fraction of sp³-hybridized carbons (Fsp3) is 0.143. The number of pyridine rings is 1. The van der Waals surface area contributed by atoms with Gasteiger partial charge in [-0.2, -0.15) is 5.26 Å². The second-order valence-electron chi connectivity index (χ2n) is 5.64. The smallest absolute Gasteiger partial charge is 0.221 e. The summed E-state index contributed by atoms with van der Waals surface area (Å²) < 4.78 is 16.9. The van der Waals surface area contributed by atoms with E-state index in [1.807, 2.05) is 37.3 Å². The van der Waals surface area contributed by atoms with Crippen molar-refractivity contribution in [1.29, 1.82) is 5.26 Å². The van der Waals surface area contributed by atoms with E-state index in [1.165, 1.54) is 0 Å². The van der Waals surface area contributed by atoms with Gasteiger partial charge in [-0.1, -0.05) is 6.07 Å². The zero-order valence-electron chi connectivity index (χ0n) is 14.8. The Balaban J connectivity index is 2.13. The topological polar surface area (TPSA) is 64.4 Å². The normalized spacial score (nSPS) is 10.1. The third-order valence-electron chi connectivity index (χ3n) is 3.90. The van der Waals surface area contributed by atoms with E-state index in [2.05, 4.69) is 11.1 Å². The summed E-state index contributed by atoms with van der Waals surface area (Å²) in [7, 11) is 3.16. The monoisotopic (exact) mass is 346 g/mol. The van der Waals surface area contributed by atoms with E-state index in [9.17, 15) is 5.26 Å². The lowest BCUT2D eigenvalue weighted by Gasteiger charge is -2.15. The first kappa shape index (κ1) is 17.3. The third-order valence-corrected chi connectivity index (χ3v) is 3.90. The molecule has 0 saturated carbocycles. The molecule has 0 N–H and O–H groups in total. The molecule has 0 aliphatic heterocycles. The van der Waals surface area contributed by atoms with Gasteiger partial charge in [-0.25, -0.2) is 4.98 Å². The Kier molecular flexibility index (Phi) is 5.04. The van der Waals surface area contributed by atoms with Crippen LogP contribution in [-0.2, 0) is 0 Å². The van der Waals surface area contributed by atoms with Gasteiger partial charge in [-0.3, -0.25) is 0 Å². The van der Waals surface area contributed by atoms with E-state index in [4.69, 9.17) is 14.2 Å². The average molecular weight is 346 g/mol. The maximum atomic E-state index is 9.27. The van der Waals surface area contributed by atoms with Gasteiger partial charge in [-0.15, -0.1) is 0 Å². The molecule has 0 radical (unpaired) electrons. The Morgan fingerprint density at radius 1 is 0.885 bits per heavy atom. The van der Waals surface area contributed by atoms with Crippen LogP contribution in [0.15, 0.2) is 54.7 Å². The molecule has 0 spiro atoms. The minimum Gasteiger partial charge on any atom is -0.493 e. The second-order valence-corrected chi connectivity index (χ2v) is 5.64. The van der Waals surface area contributed by atoms with Gasteiger partial charge >= 0.3 is 0 Å². The summed E-state index contributed by atoms with van der Waals surface area (Å²) in [5.41, 5.74) is 3.06. The molecule has 0 unspecified atom stereocenters. The SMILES string of the molecule is COc1cc(C)ccc1Oc1ccc(C#N)cc1-c1cccnc1OC. The average Bonchev–Trinajstić information content (AvgIpc) is 2.69. The maximum Gasteiger partial charge on any atom is 0.221 e. The van der Waals surface area contributed by atoms with Crippen molar-refractivity contribution < 1.29 is 14.2 Å². The molecule has 3 rings (SSSR count). The minimum atomic E-state index is 0.461. The Bertz CT molecular complexity index is 977. The Morgan fingerprint density at radius 2 is 1.69 bits per heavy atom. The van der Waals surface area contributed by atoms with Crippen LogP contribution in [0.5, 0.6) is 23.1 Å². The summed E-state index contributed by atoms with van der Waals surface area (Å²) in [6, 6.07) is 16.8. The molecule has 0 saturated heterocycles. The van der Waals surface area contributed by atoms with Crippen LogP contribution in [0.2, 0.25) is 0 Å². The second kappa shape index (κ2) is 7.58. The highest BCUT2D eigenvalue weighted by atomic mass is 16.5. The van der Waals surface area contributed by atoms with Crippen molar-refractivity contribution in [2.75, 3.05) is 14.2 Å². The molecule has 0 aliphatic carbocycles. The van der Waals surface area contributed by atoms with Crippen molar-refractivity contribution >= 4 is 0 Å². The van der Waals surface area contributed by atoms with Crippen LogP contribution in [0.4, 0.5) is 0 Å². The Hall–Kier alpha value is -3.52. The molecule has 0 fully saturated rings. The molecule has 5 nitrogen and oxygen atoms in total. The van der Waals surface area contributed by atoms with Crippen molar-refractivity contribution in [1.82, 2.24) is 4.98 Å². The van der Waals surface area contributed by atoms with E-state index >= 15 is 0 Å². The zero-order valence-corrected chi connectivity index (χ0v) is 14.8. The number of hydrogen-bond donors (Lipinski definition) is 0. The van der Waals surface area contributed by atoms with Crippen LogP contribution in [0.3, 0.4) is 0 Å². The van der Waals surface area contributed by atoms with Crippen LogP contribution >= 0.6 is 0 Å². The first-order chi connectivity index (χ1) is 12.7. The van der Waals surface area contributed by atoms with Gasteiger partial charge in [0.1, 0.15) is 5.75 Å². The molecule has 1 aromatic heterocycles. The minimum absolute atomic E-state index is 0.461. The lowest BCUT2D eigenvalue weighted by Crippen LogP contribution is -1.96. The van der Waals surface area contributed by atoms with Crippen LogP contribution in [0.25, 0.3) is 11.1 Å². The molecule has 5 heteroatoms. The van der Waals surface area contributed by atoms with E-state index in [0.29, 0.717) is 28.7 Å². The first-order valence-electron chi connectivity index (χ1n) is 8.02. The summed E-state index contributed by atoms with van der Waals surface area (Å²) in [5, 5.41) is 9.27. The largest absolute Gasteiger partial charge is 0.493 e. The molecular weight excluding hydrogens is 328 g/mol. The number of nitrogens with zero attached hydrogens (tertiary/aromatic N) is 2. The lowest BCUT2D eigenvalue weighted by atomic mass is 10.0. The Labute approximate surface area is 152 Å². The molecule has 26 heavy (non-hydrogen) atoms. The third kappa shape index (κ3) is 3.45. The number of hydrogen-bond acceptors (Lipinski definition) is 5. The number of nitriles is 1. The number of aromatic nitrogens is 1. The van der Waals surface area contributed by atoms with E-state index in [1.54, 1.807) is 38.6 Å². The molecular formula is C21H18N2O3. The first-order valence-corrected chi connectivity index (χ1v) is 8.02. The van der Waals surface area contributed by atoms with E-state index < -0.39 is 0 Å². The van der Waals surface area contributed by atoms with Crippen LogP contribution in [-0.4, -0.2) is 19.2 Å². The van der Waals surface area contributed by atoms with Gasteiger partial charge in [0.2, 0.25) is 5.88 Å². The highest BCUT2D eigenvalue weighted by Crippen LogP contribution is 2.40. The van der Waals surface area contributed by atoms with Crippen molar-refractivity contribution in [2.24, 2.45) is 0 Å².